The third kappa shape index (κ3) is 2.41. The molecule has 0 saturated heterocycles. The summed E-state index contributed by atoms with van der Waals surface area (Å²) in [6.07, 6.45) is 0. The van der Waals surface area contributed by atoms with Gasteiger partial charge < -0.3 is 5.32 Å². The second-order valence-electron chi connectivity index (χ2n) is 3.53. The topological polar surface area (TPSA) is 35.8 Å². The molecule has 2 aromatic rings. The minimum absolute atomic E-state index is 0.0335. The summed E-state index contributed by atoms with van der Waals surface area (Å²) >= 11 is 5.74. The summed E-state index contributed by atoms with van der Waals surface area (Å²) in [5.74, 6) is -1.94. The molecule has 2 aromatic carbocycles. The van der Waals surface area contributed by atoms with Gasteiger partial charge in [0.25, 0.3) is 0 Å². The Kier molecular flexibility index (Phi) is 3.45. The van der Waals surface area contributed by atoms with Crippen LogP contribution in [0.4, 0.5) is 20.2 Å². The first-order chi connectivity index (χ1) is 8.61. The molecule has 5 heteroatoms. The van der Waals surface area contributed by atoms with Gasteiger partial charge in [-0.05, 0) is 30.3 Å². The highest BCUT2D eigenvalue weighted by atomic mass is 35.5. The Morgan fingerprint density at radius 2 is 1.89 bits per heavy atom. The molecule has 0 aromatic heterocycles. The third-order valence-corrected chi connectivity index (χ3v) is 2.56. The minimum Gasteiger partial charge on any atom is -0.352 e. The Morgan fingerprint density at radius 3 is 2.61 bits per heavy atom. The van der Waals surface area contributed by atoms with Gasteiger partial charge in [0.05, 0.1) is 16.9 Å². The molecule has 0 bridgehead atoms. The van der Waals surface area contributed by atoms with Crippen molar-refractivity contribution in [1.82, 2.24) is 0 Å². The van der Waals surface area contributed by atoms with Crippen LogP contribution in [0.5, 0.6) is 0 Å². The number of anilines is 2. The van der Waals surface area contributed by atoms with Gasteiger partial charge in [0.15, 0.2) is 11.6 Å². The van der Waals surface area contributed by atoms with Gasteiger partial charge in [-0.3, -0.25) is 0 Å². The number of nitrogens with one attached hydrogen (secondary N) is 1. The predicted octanol–water partition coefficient (Wildman–Crippen LogP) is 4.23. The van der Waals surface area contributed by atoms with Gasteiger partial charge in [-0.15, -0.1) is 0 Å². The van der Waals surface area contributed by atoms with Crippen LogP contribution >= 0.6 is 11.6 Å². The number of hydrogen-bond acceptors (Lipinski definition) is 2. The lowest BCUT2D eigenvalue weighted by atomic mass is 10.2. The van der Waals surface area contributed by atoms with E-state index < -0.39 is 11.6 Å². The van der Waals surface area contributed by atoms with Gasteiger partial charge in [-0.1, -0.05) is 17.7 Å². The summed E-state index contributed by atoms with van der Waals surface area (Å²) in [5, 5.41) is 12.0. The maximum Gasteiger partial charge on any atom is 0.182 e. The van der Waals surface area contributed by atoms with E-state index in [-0.39, 0.29) is 11.3 Å². The quantitative estimate of drug-likeness (QED) is 0.881. The molecule has 1 N–H and O–H groups in total. The molecule has 0 unspecified atom stereocenters. The first-order valence-electron chi connectivity index (χ1n) is 5.02. The first kappa shape index (κ1) is 12.3. The fourth-order valence-corrected chi connectivity index (χ4v) is 1.64. The number of hydrogen-bond donors (Lipinski definition) is 1. The summed E-state index contributed by atoms with van der Waals surface area (Å²) in [5.41, 5.74) is 0.589. The monoisotopic (exact) mass is 264 g/mol. The summed E-state index contributed by atoms with van der Waals surface area (Å²) in [6.45, 7) is 0. The van der Waals surface area contributed by atoms with Gasteiger partial charge in [0.1, 0.15) is 6.07 Å². The smallest absolute Gasteiger partial charge is 0.182 e. The first-order valence-corrected chi connectivity index (χ1v) is 5.40. The molecular formula is C13H7ClF2N2. The zero-order chi connectivity index (χ0) is 13.1. The maximum atomic E-state index is 13.5. The average Bonchev–Trinajstić information content (AvgIpc) is 2.37. The van der Waals surface area contributed by atoms with E-state index in [2.05, 4.69) is 5.32 Å². The van der Waals surface area contributed by atoms with E-state index in [1.807, 2.05) is 6.07 Å². The second-order valence-corrected chi connectivity index (χ2v) is 3.96. The molecule has 90 valence electrons. The molecule has 0 aliphatic carbocycles. The van der Waals surface area contributed by atoms with Gasteiger partial charge in [-0.2, -0.15) is 5.26 Å². The van der Waals surface area contributed by atoms with Crippen molar-refractivity contribution < 1.29 is 8.78 Å². The van der Waals surface area contributed by atoms with Crippen molar-refractivity contribution in [3.05, 3.63) is 58.6 Å². The van der Waals surface area contributed by atoms with Crippen LogP contribution in [0.15, 0.2) is 36.4 Å². The number of halogens is 3. The largest absolute Gasteiger partial charge is 0.352 e. The van der Waals surface area contributed by atoms with Crippen LogP contribution in [-0.2, 0) is 0 Å². The van der Waals surface area contributed by atoms with Crippen molar-refractivity contribution in [2.45, 2.75) is 0 Å². The van der Waals surface area contributed by atoms with Gasteiger partial charge in [-0.25, -0.2) is 8.78 Å². The molecule has 0 fully saturated rings. The summed E-state index contributed by atoms with van der Waals surface area (Å²) in [4.78, 5) is 0. The van der Waals surface area contributed by atoms with E-state index >= 15 is 0 Å². The highest BCUT2D eigenvalue weighted by molar-refractivity contribution is 6.30. The van der Waals surface area contributed by atoms with E-state index in [1.54, 1.807) is 6.07 Å². The van der Waals surface area contributed by atoms with Crippen LogP contribution in [0.3, 0.4) is 0 Å². The maximum absolute atomic E-state index is 13.5. The molecule has 0 atom stereocenters. The number of benzene rings is 2. The zero-order valence-electron chi connectivity index (χ0n) is 9.05. The van der Waals surface area contributed by atoms with E-state index in [9.17, 15) is 8.78 Å². The molecule has 2 rings (SSSR count). The summed E-state index contributed by atoms with van der Waals surface area (Å²) in [7, 11) is 0. The molecule has 0 saturated carbocycles. The Bertz CT molecular complexity index is 635. The second kappa shape index (κ2) is 5.03. The van der Waals surface area contributed by atoms with Crippen LogP contribution in [0.1, 0.15) is 5.56 Å². The number of nitriles is 1. The van der Waals surface area contributed by atoms with E-state index in [0.717, 1.165) is 6.07 Å². The van der Waals surface area contributed by atoms with Crippen LogP contribution in [0.2, 0.25) is 5.02 Å². The Hall–Kier alpha value is -2.12. The lowest BCUT2D eigenvalue weighted by Crippen LogP contribution is -1.98. The van der Waals surface area contributed by atoms with Crippen LogP contribution in [0, 0.1) is 23.0 Å². The SMILES string of the molecule is N#Cc1cc(Cl)ccc1Nc1cccc(F)c1F. The normalized spacial score (nSPS) is 9.89. The van der Waals surface area contributed by atoms with Crippen molar-refractivity contribution in [2.75, 3.05) is 5.32 Å². The summed E-state index contributed by atoms with van der Waals surface area (Å²) < 4.78 is 26.5. The molecule has 0 spiro atoms. The lowest BCUT2D eigenvalue weighted by Gasteiger charge is -2.09. The van der Waals surface area contributed by atoms with E-state index in [4.69, 9.17) is 16.9 Å². The molecule has 0 aliphatic heterocycles. The highest BCUT2D eigenvalue weighted by Crippen LogP contribution is 2.26. The van der Waals surface area contributed by atoms with Crippen LogP contribution < -0.4 is 5.32 Å². The van der Waals surface area contributed by atoms with E-state index in [0.29, 0.717) is 10.7 Å². The van der Waals surface area contributed by atoms with Crippen molar-refractivity contribution in [3.63, 3.8) is 0 Å². The lowest BCUT2D eigenvalue weighted by molar-refractivity contribution is 0.512. The fraction of sp³-hybridized carbons (Fsp3) is 0. The third-order valence-electron chi connectivity index (χ3n) is 2.32. The van der Waals surface area contributed by atoms with Gasteiger partial charge in [0.2, 0.25) is 0 Å². The minimum atomic E-state index is -0.990. The predicted molar refractivity (Wildman–Crippen MR) is 65.8 cm³/mol. The van der Waals surface area contributed by atoms with Crippen LogP contribution in [-0.4, -0.2) is 0 Å². The van der Waals surface area contributed by atoms with E-state index in [1.165, 1.54) is 24.3 Å². The van der Waals surface area contributed by atoms with Gasteiger partial charge in [0, 0.05) is 5.02 Å². The fourth-order valence-electron chi connectivity index (χ4n) is 1.46. The van der Waals surface area contributed by atoms with Crippen molar-refractivity contribution in [3.8, 4) is 6.07 Å². The summed E-state index contributed by atoms with van der Waals surface area (Å²) in [6, 6.07) is 10.2. The molecule has 0 radical (unpaired) electrons. The Balaban J connectivity index is 2.41. The van der Waals surface area contributed by atoms with Crippen LogP contribution in [0.25, 0.3) is 0 Å². The zero-order valence-corrected chi connectivity index (χ0v) is 9.80. The Labute approximate surface area is 107 Å². The Morgan fingerprint density at radius 1 is 1.11 bits per heavy atom. The van der Waals surface area contributed by atoms with Crippen molar-refractivity contribution in [2.24, 2.45) is 0 Å². The molecule has 0 amide bonds. The van der Waals surface area contributed by atoms with Crippen molar-refractivity contribution in [1.29, 1.82) is 5.26 Å². The molecule has 0 heterocycles. The average molecular weight is 265 g/mol. The van der Waals surface area contributed by atoms with Crippen molar-refractivity contribution >= 4 is 23.0 Å². The standard InChI is InChI=1S/C13H7ClF2N2/c14-9-4-5-11(8(6-9)7-17)18-12-3-1-2-10(15)13(12)16/h1-6,18H. The molecule has 0 aliphatic rings. The van der Waals surface area contributed by atoms with Gasteiger partial charge >= 0.3 is 0 Å². The number of rotatable bonds is 2. The highest BCUT2D eigenvalue weighted by Gasteiger charge is 2.09. The number of nitrogens with zero attached hydrogens (tertiary/aromatic N) is 1. The molecule has 2 nitrogen and oxygen atoms in total. The molecule has 18 heavy (non-hydrogen) atoms. The molecular weight excluding hydrogens is 258 g/mol.